The highest BCUT2D eigenvalue weighted by Gasteiger charge is 2.51. The van der Waals surface area contributed by atoms with E-state index >= 15 is 0 Å². The lowest BCUT2D eigenvalue weighted by molar-refractivity contribution is -0.169. The van der Waals surface area contributed by atoms with Crippen molar-refractivity contribution in [3.05, 3.63) is 0 Å². The fraction of sp³-hybridized carbons (Fsp3) is 0.909. The van der Waals surface area contributed by atoms with Gasteiger partial charge in [0, 0.05) is 11.3 Å². The van der Waals surface area contributed by atoms with Crippen molar-refractivity contribution in [2.24, 2.45) is 11.3 Å². The standard InChI is InChI=1S/C11H20O2/c1-7(2)13-10-6-9(8(3)12)11(10,4)5/h7,9-10H,6H2,1-5H3. The fourth-order valence-electron chi connectivity index (χ4n) is 2.13. The average molecular weight is 184 g/mol. The van der Waals surface area contributed by atoms with Crippen LogP contribution in [0.3, 0.4) is 0 Å². The minimum absolute atomic E-state index is 0.0378. The maximum atomic E-state index is 11.2. The quantitative estimate of drug-likeness (QED) is 0.673. The van der Waals surface area contributed by atoms with Gasteiger partial charge in [-0.2, -0.15) is 0 Å². The van der Waals surface area contributed by atoms with E-state index in [0.29, 0.717) is 5.78 Å². The van der Waals surface area contributed by atoms with Crippen LogP contribution >= 0.6 is 0 Å². The largest absolute Gasteiger partial charge is 0.375 e. The minimum atomic E-state index is 0.0378. The molecule has 0 aromatic carbocycles. The van der Waals surface area contributed by atoms with Gasteiger partial charge in [-0.3, -0.25) is 4.79 Å². The molecule has 0 aromatic heterocycles. The average Bonchev–Trinajstić information content (AvgIpc) is 1.96. The Labute approximate surface area is 80.7 Å². The molecule has 0 spiro atoms. The number of hydrogen-bond acceptors (Lipinski definition) is 2. The number of ether oxygens (including phenoxy) is 1. The topological polar surface area (TPSA) is 26.3 Å². The first kappa shape index (κ1) is 10.7. The first-order valence-corrected chi connectivity index (χ1v) is 5.01. The highest BCUT2D eigenvalue weighted by Crippen LogP contribution is 2.48. The van der Waals surface area contributed by atoms with Crippen LogP contribution in [0.2, 0.25) is 0 Å². The zero-order valence-electron chi connectivity index (χ0n) is 9.26. The molecule has 0 aliphatic heterocycles. The van der Waals surface area contributed by atoms with Crippen LogP contribution in [0.25, 0.3) is 0 Å². The summed E-state index contributed by atoms with van der Waals surface area (Å²) < 4.78 is 5.73. The summed E-state index contributed by atoms with van der Waals surface area (Å²) in [6, 6.07) is 0. The van der Waals surface area contributed by atoms with Gasteiger partial charge in [-0.15, -0.1) is 0 Å². The van der Waals surface area contributed by atoms with Crippen LogP contribution in [0.15, 0.2) is 0 Å². The predicted octanol–water partition coefficient (Wildman–Crippen LogP) is 2.42. The highest BCUT2D eigenvalue weighted by atomic mass is 16.5. The molecular formula is C11H20O2. The Kier molecular flexibility index (Phi) is 2.81. The Hall–Kier alpha value is -0.370. The molecule has 1 aliphatic carbocycles. The molecule has 0 N–H and O–H groups in total. The third-order valence-corrected chi connectivity index (χ3v) is 3.10. The fourth-order valence-corrected chi connectivity index (χ4v) is 2.13. The molecule has 76 valence electrons. The second-order valence-electron chi connectivity index (χ2n) is 4.89. The van der Waals surface area contributed by atoms with Crippen molar-refractivity contribution in [1.82, 2.24) is 0 Å². The molecule has 13 heavy (non-hydrogen) atoms. The summed E-state index contributed by atoms with van der Waals surface area (Å²) in [5.41, 5.74) is 0.0378. The van der Waals surface area contributed by atoms with Gasteiger partial charge < -0.3 is 4.74 Å². The Morgan fingerprint density at radius 2 is 2.00 bits per heavy atom. The van der Waals surface area contributed by atoms with Crippen LogP contribution < -0.4 is 0 Å². The number of rotatable bonds is 3. The third-order valence-electron chi connectivity index (χ3n) is 3.10. The van der Waals surface area contributed by atoms with E-state index in [4.69, 9.17) is 4.74 Å². The van der Waals surface area contributed by atoms with Gasteiger partial charge in [0.2, 0.25) is 0 Å². The van der Waals surface area contributed by atoms with Crippen molar-refractivity contribution in [3.8, 4) is 0 Å². The molecule has 2 heteroatoms. The first-order valence-electron chi connectivity index (χ1n) is 5.01. The minimum Gasteiger partial charge on any atom is -0.375 e. The molecule has 0 saturated heterocycles. The van der Waals surface area contributed by atoms with Gasteiger partial charge in [0.25, 0.3) is 0 Å². The molecule has 1 rings (SSSR count). The van der Waals surface area contributed by atoms with Crippen molar-refractivity contribution >= 4 is 5.78 Å². The molecular weight excluding hydrogens is 164 g/mol. The molecule has 2 atom stereocenters. The maximum absolute atomic E-state index is 11.2. The van der Waals surface area contributed by atoms with E-state index < -0.39 is 0 Å². The van der Waals surface area contributed by atoms with Crippen molar-refractivity contribution in [2.75, 3.05) is 0 Å². The van der Waals surface area contributed by atoms with E-state index in [0.717, 1.165) is 6.42 Å². The Morgan fingerprint density at radius 3 is 2.31 bits per heavy atom. The summed E-state index contributed by atoms with van der Waals surface area (Å²) in [5.74, 6) is 0.504. The lowest BCUT2D eigenvalue weighted by Crippen LogP contribution is -2.54. The molecule has 1 aliphatic rings. The van der Waals surface area contributed by atoms with Gasteiger partial charge in [-0.05, 0) is 27.2 Å². The van der Waals surface area contributed by atoms with E-state index in [9.17, 15) is 4.79 Å². The van der Waals surface area contributed by atoms with Crippen molar-refractivity contribution in [2.45, 2.75) is 53.2 Å². The number of ketones is 1. The zero-order valence-corrected chi connectivity index (χ0v) is 9.26. The number of Topliss-reactive ketones (excluding diaryl/α,β-unsaturated/α-hetero) is 1. The molecule has 2 unspecified atom stereocenters. The Bertz CT molecular complexity index is 206. The SMILES string of the molecule is CC(=O)C1CC(OC(C)C)C1(C)C. The summed E-state index contributed by atoms with van der Waals surface area (Å²) in [4.78, 5) is 11.2. The molecule has 0 aromatic rings. The first-order chi connectivity index (χ1) is 5.85. The second-order valence-corrected chi connectivity index (χ2v) is 4.89. The van der Waals surface area contributed by atoms with Gasteiger partial charge in [0.15, 0.2) is 0 Å². The number of carbonyl (C=O) groups excluding carboxylic acids is 1. The lowest BCUT2D eigenvalue weighted by atomic mass is 9.58. The third kappa shape index (κ3) is 1.93. The number of hydrogen-bond donors (Lipinski definition) is 0. The summed E-state index contributed by atoms with van der Waals surface area (Å²) in [6.45, 7) is 10.00. The van der Waals surface area contributed by atoms with E-state index in [2.05, 4.69) is 13.8 Å². The molecule has 0 heterocycles. The van der Waals surface area contributed by atoms with Crippen LogP contribution in [0.1, 0.15) is 41.0 Å². The normalized spacial score (nSPS) is 31.5. The van der Waals surface area contributed by atoms with Crippen LogP contribution in [0, 0.1) is 11.3 Å². The molecule has 1 fully saturated rings. The van der Waals surface area contributed by atoms with E-state index in [1.165, 1.54) is 0 Å². The smallest absolute Gasteiger partial charge is 0.133 e. The number of carbonyl (C=O) groups is 1. The van der Waals surface area contributed by atoms with Gasteiger partial charge in [0.05, 0.1) is 12.2 Å². The van der Waals surface area contributed by atoms with Crippen molar-refractivity contribution in [3.63, 3.8) is 0 Å². The summed E-state index contributed by atoms with van der Waals surface area (Å²) in [6.07, 6.45) is 1.43. The van der Waals surface area contributed by atoms with Crippen LogP contribution in [-0.2, 0) is 9.53 Å². The van der Waals surface area contributed by atoms with Crippen LogP contribution in [0.4, 0.5) is 0 Å². The Balaban J connectivity index is 2.54. The predicted molar refractivity (Wildman–Crippen MR) is 52.6 cm³/mol. The second kappa shape index (κ2) is 3.41. The summed E-state index contributed by atoms with van der Waals surface area (Å²) in [7, 11) is 0. The lowest BCUT2D eigenvalue weighted by Gasteiger charge is -2.51. The Morgan fingerprint density at radius 1 is 1.46 bits per heavy atom. The van der Waals surface area contributed by atoms with Gasteiger partial charge in [0.1, 0.15) is 5.78 Å². The van der Waals surface area contributed by atoms with E-state index in [-0.39, 0.29) is 23.5 Å². The monoisotopic (exact) mass is 184 g/mol. The molecule has 2 nitrogen and oxygen atoms in total. The molecule has 0 amide bonds. The highest BCUT2D eigenvalue weighted by molar-refractivity contribution is 5.80. The van der Waals surface area contributed by atoms with Crippen LogP contribution in [-0.4, -0.2) is 18.0 Å². The van der Waals surface area contributed by atoms with Gasteiger partial charge in [-0.25, -0.2) is 0 Å². The maximum Gasteiger partial charge on any atom is 0.133 e. The van der Waals surface area contributed by atoms with Gasteiger partial charge in [-0.1, -0.05) is 13.8 Å². The van der Waals surface area contributed by atoms with E-state index in [1.807, 2.05) is 13.8 Å². The summed E-state index contributed by atoms with van der Waals surface area (Å²) in [5, 5.41) is 0. The zero-order chi connectivity index (χ0) is 10.2. The van der Waals surface area contributed by atoms with Crippen molar-refractivity contribution in [1.29, 1.82) is 0 Å². The van der Waals surface area contributed by atoms with Crippen LogP contribution in [0.5, 0.6) is 0 Å². The van der Waals surface area contributed by atoms with Crippen molar-refractivity contribution < 1.29 is 9.53 Å². The summed E-state index contributed by atoms with van der Waals surface area (Å²) >= 11 is 0. The van der Waals surface area contributed by atoms with Gasteiger partial charge >= 0.3 is 0 Å². The molecule has 0 radical (unpaired) electrons. The molecule has 0 bridgehead atoms. The van der Waals surface area contributed by atoms with E-state index in [1.54, 1.807) is 6.92 Å². The molecule has 1 saturated carbocycles.